The largest absolute Gasteiger partial charge is 0.484 e. The van der Waals surface area contributed by atoms with Gasteiger partial charge in [0.15, 0.2) is 12.8 Å². The molecule has 5 N–H and O–H groups in total. The van der Waals surface area contributed by atoms with Crippen molar-refractivity contribution < 1.29 is 37.8 Å². The smallest absolute Gasteiger partial charge is 0.270 e. The summed E-state index contributed by atoms with van der Waals surface area (Å²) in [5.74, 6) is -6.54. The van der Waals surface area contributed by atoms with E-state index in [2.05, 4.69) is 10.3 Å². The Labute approximate surface area is 196 Å². The van der Waals surface area contributed by atoms with Crippen LogP contribution in [0.5, 0.6) is 5.75 Å². The standard InChI is InChI=1S/C21H20F2N6O6/c22-21(23)6-11(7-24)29(10-21)17(31)8-27-19(33)13-3-4-26-15-2-1-12(5-14(13)15)35-9-16(30)28-20(34)18(25)32/h1-5,11,18,32H,6,8-10,25H2,(H,27,33)(H,28,30,34)/t11-,18?/m1/s1. The van der Waals surface area contributed by atoms with Gasteiger partial charge in [-0.15, -0.1) is 0 Å². The van der Waals surface area contributed by atoms with Crippen LogP contribution in [-0.2, 0) is 14.4 Å². The van der Waals surface area contributed by atoms with E-state index >= 15 is 0 Å². The number of nitrogens with two attached hydrogens (primary N) is 1. The molecule has 3 rings (SSSR count). The van der Waals surface area contributed by atoms with Gasteiger partial charge in [0.2, 0.25) is 5.91 Å². The zero-order chi connectivity index (χ0) is 25.8. The number of nitrogens with zero attached hydrogens (tertiary/aromatic N) is 3. The highest BCUT2D eigenvalue weighted by molar-refractivity contribution is 6.07. The number of nitriles is 1. The van der Waals surface area contributed by atoms with E-state index in [-0.39, 0.29) is 11.3 Å². The molecule has 14 heteroatoms. The van der Waals surface area contributed by atoms with Crippen LogP contribution in [0.2, 0.25) is 0 Å². The number of fused-ring (bicyclic) bond motifs is 1. The van der Waals surface area contributed by atoms with Crippen LogP contribution in [0.3, 0.4) is 0 Å². The fourth-order valence-corrected chi connectivity index (χ4v) is 3.36. The van der Waals surface area contributed by atoms with Crippen molar-refractivity contribution in [3.63, 3.8) is 0 Å². The van der Waals surface area contributed by atoms with Gasteiger partial charge in [-0.25, -0.2) is 8.78 Å². The third-order valence-electron chi connectivity index (χ3n) is 5.00. The van der Waals surface area contributed by atoms with Gasteiger partial charge in [0.1, 0.15) is 11.8 Å². The highest BCUT2D eigenvalue weighted by atomic mass is 19.3. The van der Waals surface area contributed by atoms with E-state index < -0.39 is 67.9 Å². The molecule has 0 radical (unpaired) electrons. The number of nitrogens with one attached hydrogen (secondary N) is 2. The van der Waals surface area contributed by atoms with E-state index in [1.54, 1.807) is 6.07 Å². The average Bonchev–Trinajstić information content (AvgIpc) is 3.15. The van der Waals surface area contributed by atoms with Crippen molar-refractivity contribution in [3.8, 4) is 11.8 Å². The second-order valence-electron chi connectivity index (χ2n) is 7.59. The van der Waals surface area contributed by atoms with Gasteiger partial charge in [-0.3, -0.25) is 35.2 Å². The third-order valence-corrected chi connectivity index (χ3v) is 5.00. The van der Waals surface area contributed by atoms with Gasteiger partial charge in [0.05, 0.1) is 30.2 Å². The number of imide groups is 1. The number of amides is 4. The van der Waals surface area contributed by atoms with Gasteiger partial charge in [-0.2, -0.15) is 5.26 Å². The zero-order valence-electron chi connectivity index (χ0n) is 18.0. The number of aliphatic hydroxyl groups is 1. The molecule has 2 heterocycles. The summed E-state index contributed by atoms with van der Waals surface area (Å²) in [6.45, 7) is -2.10. The van der Waals surface area contributed by atoms with E-state index in [1.165, 1.54) is 30.5 Å². The van der Waals surface area contributed by atoms with E-state index in [1.807, 2.05) is 5.32 Å². The maximum Gasteiger partial charge on any atom is 0.270 e. The SMILES string of the molecule is N#C[C@H]1CC(F)(F)CN1C(=O)CNC(=O)c1ccnc2ccc(OCC(=O)NC(=O)C(N)O)cc12. The number of aliphatic hydroxyl groups excluding tert-OH is 1. The summed E-state index contributed by atoms with van der Waals surface area (Å²) in [5, 5.41) is 22.4. The summed E-state index contributed by atoms with van der Waals surface area (Å²) < 4.78 is 32.4. The molecule has 4 amide bonds. The van der Waals surface area contributed by atoms with Gasteiger partial charge in [0.25, 0.3) is 23.6 Å². The summed E-state index contributed by atoms with van der Waals surface area (Å²) >= 11 is 0. The van der Waals surface area contributed by atoms with Crippen molar-refractivity contribution in [3.05, 3.63) is 36.0 Å². The van der Waals surface area contributed by atoms with Crippen LogP contribution in [0, 0.1) is 11.3 Å². The molecule has 1 aromatic heterocycles. The Hall–Kier alpha value is -4.22. The summed E-state index contributed by atoms with van der Waals surface area (Å²) in [4.78, 5) is 52.8. The Kier molecular flexibility index (Phi) is 7.52. The first kappa shape index (κ1) is 25.4. The third kappa shape index (κ3) is 6.22. The minimum atomic E-state index is -3.17. The van der Waals surface area contributed by atoms with Crippen molar-refractivity contribution in [2.45, 2.75) is 24.6 Å². The van der Waals surface area contributed by atoms with E-state index in [0.29, 0.717) is 10.9 Å². The second kappa shape index (κ2) is 10.4. The van der Waals surface area contributed by atoms with Crippen LogP contribution < -0.4 is 21.1 Å². The van der Waals surface area contributed by atoms with Gasteiger partial charge >= 0.3 is 0 Å². The number of carbonyl (C=O) groups excluding carboxylic acids is 4. The lowest BCUT2D eigenvalue weighted by Gasteiger charge is -2.19. The molecule has 184 valence electrons. The van der Waals surface area contributed by atoms with Gasteiger partial charge in [0, 0.05) is 18.0 Å². The number of ether oxygens (including phenoxy) is 1. The average molecular weight is 490 g/mol. The van der Waals surface area contributed by atoms with Crippen molar-refractivity contribution in [1.29, 1.82) is 5.26 Å². The molecule has 0 saturated carbocycles. The molecule has 35 heavy (non-hydrogen) atoms. The monoisotopic (exact) mass is 490 g/mol. The predicted molar refractivity (Wildman–Crippen MR) is 114 cm³/mol. The highest BCUT2D eigenvalue weighted by Crippen LogP contribution is 2.31. The first-order valence-electron chi connectivity index (χ1n) is 10.1. The summed E-state index contributed by atoms with van der Waals surface area (Å²) in [6.07, 6.45) is -1.28. The fourth-order valence-electron chi connectivity index (χ4n) is 3.36. The molecule has 1 aliphatic heterocycles. The maximum atomic E-state index is 13.6. The molecule has 0 bridgehead atoms. The number of carbonyl (C=O) groups is 4. The van der Waals surface area contributed by atoms with Gasteiger partial charge < -0.3 is 20.1 Å². The van der Waals surface area contributed by atoms with Crippen LogP contribution in [-0.4, -0.2) is 76.5 Å². The Morgan fingerprint density at radius 1 is 1.34 bits per heavy atom. The van der Waals surface area contributed by atoms with E-state index in [4.69, 9.17) is 20.8 Å². The minimum Gasteiger partial charge on any atom is -0.484 e. The molecule has 12 nitrogen and oxygen atoms in total. The summed E-state index contributed by atoms with van der Waals surface area (Å²) in [6, 6.07) is 6.11. The normalized spacial score (nSPS) is 17.3. The number of rotatable bonds is 7. The minimum absolute atomic E-state index is 0.0859. The predicted octanol–water partition coefficient (Wildman–Crippen LogP) is -0.977. The first-order valence-corrected chi connectivity index (χ1v) is 10.1. The molecule has 1 aromatic carbocycles. The van der Waals surface area contributed by atoms with Crippen LogP contribution in [0.15, 0.2) is 30.5 Å². The van der Waals surface area contributed by atoms with Crippen molar-refractivity contribution in [1.82, 2.24) is 20.5 Å². The molecular formula is C21H20F2N6O6. The molecule has 1 aliphatic rings. The first-order chi connectivity index (χ1) is 16.5. The Balaban J connectivity index is 1.68. The summed E-state index contributed by atoms with van der Waals surface area (Å²) in [5.41, 5.74) is 5.40. The van der Waals surface area contributed by atoms with Crippen LogP contribution in [0.1, 0.15) is 16.8 Å². The molecule has 0 aliphatic carbocycles. The van der Waals surface area contributed by atoms with Crippen molar-refractivity contribution >= 4 is 34.5 Å². The molecule has 2 atom stereocenters. The molecule has 0 spiro atoms. The molecule has 2 aromatic rings. The number of hydrogen-bond acceptors (Lipinski definition) is 9. The number of halogens is 2. The number of aromatic nitrogens is 1. The lowest BCUT2D eigenvalue weighted by atomic mass is 10.1. The van der Waals surface area contributed by atoms with Crippen LogP contribution in [0.25, 0.3) is 10.9 Å². The van der Waals surface area contributed by atoms with Crippen LogP contribution >= 0.6 is 0 Å². The number of hydrogen-bond donors (Lipinski definition) is 4. The second-order valence-corrected chi connectivity index (χ2v) is 7.59. The fraction of sp³-hybridized carbons (Fsp3) is 0.333. The molecular weight excluding hydrogens is 470 g/mol. The highest BCUT2D eigenvalue weighted by Gasteiger charge is 2.47. The lowest BCUT2D eigenvalue weighted by molar-refractivity contribution is -0.136. The number of pyridine rings is 1. The zero-order valence-corrected chi connectivity index (χ0v) is 18.0. The number of likely N-dealkylation sites (tertiary alicyclic amines) is 1. The molecule has 1 unspecified atom stereocenters. The quantitative estimate of drug-likeness (QED) is 0.354. The van der Waals surface area contributed by atoms with Crippen molar-refractivity contribution in [2.75, 3.05) is 19.7 Å². The van der Waals surface area contributed by atoms with E-state index in [0.717, 1.165) is 4.90 Å². The Bertz CT molecular complexity index is 1210. The number of alkyl halides is 2. The molecule has 1 saturated heterocycles. The summed E-state index contributed by atoms with van der Waals surface area (Å²) in [7, 11) is 0. The molecule has 1 fully saturated rings. The Morgan fingerprint density at radius 3 is 2.77 bits per heavy atom. The lowest BCUT2D eigenvalue weighted by Crippen LogP contribution is -2.44. The topological polar surface area (TPSA) is 188 Å². The van der Waals surface area contributed by atoms with E-state index in [9.17, 15) is 28.0 Å². The van der Waals surface area contributed by atoms with Gasteiger partial charge in [-0.05, 0) is 24.3 Å². The maximum absolute atomic E-state index is 13.6. The van der Waals surface area contributed by atoms with Crippen LogP contribution in [0.4, 0.5) is 8.78 Å². The number of benzene rings is 1. The van der Waals surface area contributed by atoms with Gasteiger partial charge in [-0.1, -0.05) is 0 Å². The Morgan fingerprint density at radius 2 is 2.09 bits per heavy atom. The van der Waals surface area contributed by atoms with Crippen molar-refractivity contribution in [2.24, 2.45) is 5.73 Å².